The molecule has 51 heavy (non-hydrogen) atoms. The Morgan fingerprint density at radius 3 is 1.88 bits per heavy atom. The second-order valence-electron chi connectivity index (χ2n) is 18.8. The van der Waals surface area contributed by atoms with Crippen LogP contribution in [-0.4, -0.2) is 76.2 Å². The van der Waals surface area contributed by atoms with Gasteiger partial charge in [0.2, 0.25) is 5.84 Å². The van der Waals surface area contributed by atoms with Crippen molar-refractivity contribution >= 4 is 18.3 Å². The van der Waals surface area contributed by atoms with Crippen molar-refractivity contribution in [1.82, 2.24) is 4.90 Å². The number of amidine groups is 1. The molecule has 0 aromatic heterocycles. The third kappa shape index (κ3) is 10.0. The lowest BCUT2D eigenvalue weighted by atomic mass is 9.79. The van der Waals surface area contributed by atoms with E-state index in [4.69, 9.17) is 9.98 Å². The first-order valence-corrected chi connectivity index (χ1v) is 20.2. The van der Waals surface area contributed by atoms with E-state index in [9.17, 15) is 10.2 Å². The Kier molecular flexibility index (Phi) is 12.4. The van der Waals surface area contributed by atoms with Crippen LogP contribution in [0.15, 0.2) is 34.3 Å². The van der Waals surface area contributed by atoms with Gasteiger partial charge in [0.25, 0.3) is 0 Å². The first-order chi connectivity index (χ1) is 24.0. The zero-order valence-corrected chi connectivity index (χ0v) is 33.6. The fourth-order valence-corrected chi connectivity index (χ4v) is 8.08. The molecule has 2 atom stereocenters. The lowest BCUT2D eigenvalue weighted by Crippen LogP contribution is -2.44. The van der Waals surface area contributed by atoms with Gasteiger partial charge in [-0.1, -0.05) is 87.3 Å². The maximum Gasteiger partial charge on any atom is 0.246 e. The molecule has 1 saturated carbocycles. The molecular weight excluding hydrogens is 629 g/mol. The monoisotopic (exact) mass is 698 g/mol. The van der Waals surface area contributed by atoms with Gasteiger partial charge in [0.1, 0.15) is 11.5 Å². The highest BCUT2D eigenvalue weighted by atomic mass is 16.3. The van der Waals surface area contributed by atoms with Crippen LogP contribution in [0.25, 0.3) is 0 Å². The number of aromatic hydroxyl groups is 2. The fourth-order valence-electron chi connectivity index (χ4n) is 8.08. The smallest absolute Gasteiger partial charge is 0.246 e. The van der Waals surface area contributed by atoms with Gasteiger partial charge >= 0.3 is 0 Å². The number of benzene rings is 2. The number of phenols is 2. The number of nitrogens with zero attached hydrogens (tertiary/aromatic N) is 4. The summed E-state index contributed by atoms with van der Waals surface area (Å²) in [6, 6.07) is 8.70. The third-order valence-corrected chi connectivity index (χ3v) is 11.4. The van der Waals surface area contributed by atoms with Gasteiger partial charge in [-0.25, -0.2) is 0 Å². The molecule has 6 nitrogen and oxygen atoms in total. The second-order valence-corrected chi connectivity index (χ2v) is 18.8. The Labute approximate surface area is 310 Å². The number of rotatable bonds is 9. The normalized spacial score (nSPS) is 21.1. The van der Waals surface area contributed by atoms with E-state index in [0.29, 0.717) is 11.5 Å². The Bertz CT molecular complexity index is 1600. The van der Waals surface area contributed by atoms with Crippen LogP contribution >= 0.6 is 0 Å². The Morgan fingerprint density at radius 2 is 1.27 bits per heavy atom. The first kappa shape index (κ1) is 39.1. The first-order valence-electron chi connectivity index (χ1n) is 20.2. The van der Waals surface area contributed by atoms with Crippen LogP contribution in [0.2, 0.25) is 0 Å². The molecule has 6 heteroatoms. The Morgan fingerprint density at radius 1 is 0.686 bits per heavy atom. The summed E-state index contributed by atoms with van der Waals surface area (Å²) in [7, 11) is 0. The molecule has 0 bridgehead atoms. The van der Waals surface area contributed by atoms with Gasteiger partial charge in [0.05, 0.1) is 38.3 Å². The zero-order valence-electron chi connectivity index (χ0n) is 33.6. The molecule has 5 rings (SSSR count). The van der Waals surface area contributed by atoms with Crippen LogP contribution in [0, 0.1) is 0 Å². The summed E-state index contributed by atoms with van der Waals surface area (Å²) in [6.07, 6.45) is 17.6. The molecule has 3 aliphatic rings. The fraction of sp³-hybridized carbons (Fsp3) is 0.667. The minimum atomic E-state index is -0.184. The Hall–Kier alpha value is -3.15. The van der Waals surface area contributed by atoms with E-state index < -0.39 is 0 Å². The van der Waals surface area contributed by atoms with Crippen molar-refractivity contribution in [3.8, 4) is 11.5 Å². The van der Waals surface area contributed by atoms with Crippen LogP contribution in [0.5, 0.6) is 11.5 Å². The lowest BCUT2D eigenvalue weighted by molar-refractivity contribution is -0.539. The van der Waals surface area contributed by atoms with E-state index in [-0.39, 0.29) is 28.3 Å². The van der Waals surface area contributed by atoms with Crippen LogP contribution in [-0.2, 0) is 22.7 Å². The van der Waals surface area contributed by atoms with E-state index in [2.05, 4.69) is 96.1 Å². The molecule has 280 valence electrons. The molecule has 2 N–H and O–H groups in total. The van der Waals surface area contributed by atoms with E-state index in [1.165, 1.54) is 62.9 Å². The second kappa shape index (κ2) is 16.3. The third-order valence-electron chi connectivity index (χ3n) is 11.4. The largest absolute Gasteiger partial charge is 0.507 e. The number of hydrogen-bond acceptors (Lipinski definition) is 5. The van der Waals surface area contributed by atoms with Crippen molar-refractivity contribution in [3.05, 3.63) is 57.6 Å². The van der Waals surface area contributed by atoms with Crippen LogP contribution in [0.4, 0.5) is 0 Å². The van der Waals surface area contributed by atoms with Gasteiger partial charge < -0.3 is 10.2 Å². The molecule has 2 unspecified atom stereocenters. The maximum absolute atomic E-state index is 11.6. The van der Waals surface area contributed by atoms with Crippen molar-refractivity contribution in [3.63, 3.8) is 0 Å². The topological polar surface area (TPSA) is 71.4 Å². The molecule has 0 spiro atoms. The average Bonchev–Trinajstić information content (AvgIpc) is 3.31. The van der Waals surface area contributed by atoms with Gasteiger partial charge in [-0.2, -0.15) is 0 Å². The number of aliphatic imine (C=N–C) groups is 2. The molecular formula is C45H69N4O2+. The number of phenolic OH excluding ortho intramolecular Hbond substituents is 2. The van der Waals surface area contributed by atoms with Crippen LogP contribution in [0.1, 0.15) is 166 Å². The van der Waals surface area contributed by atoms with E-state index in [1.54, 1.807) is 5.84 Å². The molecule has 2 heterocycles. The summed E-state index contributed by atoms with van der Waals surface area (Å²) in [4.78, 5) is 12.9. The SMILES string of the molecule is CC(C)(C)c1cc(C=NC2CCCCC2N=Cc2cc(C(C)(C)C)cc(C(C)(C)C)c2O)c(O)c(CCCCN2CCC[N+]3=C2CCCCC3)c1. The highest BCUT2D eigenvalue weighted by Crippen LogP contribution is 2.38. The van der Waals surface area contributed by atoms with Crippen LogP contribution < -0.4 is 0 Å². The molecule has 0 saturated heterocycles. The van der Waals surface area contributed by atoms with Crippen molar-refractivity contribution in [2.75, 3.05) is 26.2 Å². The van der Waals surface area contributed by atoms with E-state index in [0.717, 1.165) is 73.7 Å². The van der Waals surface area contributed by atoms with Crippen molar-refractivity contribution in [1.29, 1.82) is 0 Å². The molecule has 2 aromatic carbocycles. The van der Waals surface area contributed by atoms with Gasteiger partial charge in [-0.05, 0) is 96.4 Å². The molecule has 2 aliphatic heterocycles. The van der Waals surface area contributed by atoms with E-state index in [1.807, 2.05) is 12.4 Å². The number of unbranched alkanes of at least 4 members (excludes halogenated alkanes) is 1. The summed E-state index contributed by atoms with van der Waals surface area (Å²) in [6.45, 7) is 24.6. The highest BCUT2D eigenvalue weighted by Gasteiger charge is 2.29. The molecule has 1 fully saturated rings. The predicted molar refractivity (Wildman–Crippen MR) is 216 cm³/mol. The zero-order chi connectivity index (χ0) is 37.0. The summed E-state index contributed by atoms with van der Waals surface area (Å²) >= 11 is 0. The van der Waals surface area contributed by atoms with Gasteiger partial charge in [0.15, 0.2) is 0 Å². The summed E-state index contributed by atoms with van der Waals surface area (Å²) < 4.78 is 2.65. The minimum Gasteiger partial charge on any atom is -0.507 e. The predicted octanol–water partition coefficient (Wildman–Crippen LogP) is 9.85. The number of aryl methyl sites for hydroxylation is 1. The van der Waals surface area contributed by atoms with Gasteiger partial charge in [0, 0.05) is 42.0 Å². The number of hydrogen-bond donors (Lipinski definition) is 2. The quantitative estimate of drug-likeness (QED) is 0.156. The van der Waals surface area contributed by atoms with Gasteiger partial charge in [-0.15, -0.1) is 0 Å². The summed E-state index contributed by atoms with van der Waals surface area (Å²) in [5.41, 5.74) is 5.76. The average molecular weight is 698 g/mol. The summed E-state index contributed by atoms with van der Waals surface area (Å²) in [5, 5.41) is 23.0. The summed E-state index contributed by atoms with van der Waals surface area (Å²) in [5.74, 6) is 2.29. The van der Waals surface area contributed by atoms with Crippen LogP contribution in [0.3, 0.4) is 0 Å². The minimum absolute atomic E-state index is 0.0361. The molecule has 1 aliphatic carbocycles. The van der Waals surface area contributed by atoms with E-state index >= 15 is 0 Å². The van der Waals surface area contributed by atoms with Gasteiger partial charge in [-0.3, -0.25) is 19.5 Å². The van der Waals surface area contributed by atoms with Crippen molar-refractivity contribution < 1.29 is 14.8 Å². The van der Waals surface area contributed by atoms with Crippen molar-refractivity contribution in [2.45, 2.75) is 168 Å². The maximum atomic E-state index is 11.6. The Balaban J connectivity index is 1.33. The standard InChI is InChI=1S/C45H68N4O2/c1-43(2,3)35-26-32(18-14-16-23-49-25-17-24-48-22-15-10-11-21-40(48)49)41(50)33(27-35)30-46-38-19-12-13-20-39(38)47-31-34-28-36(44(4,5)6)29-37(42(34)51)45(7,8)9/h26-31,38-39H,10-25H2,1-9H3,(H-,46,47,50,51)/p+1. The van der Waals surface area contributed by atoms with Crippen molar-refractivity contribution in [2.24, 2.45) is 9.98 Å². The molecule has 0 radical (unpaired) electrons. The molecule has 0 amide bonds. The lowest BCUT2D eigenvalue weighted by Gasteiger charge is -2.28. The highest BCUT2D eigenvalue weighted by molar-refractivity contribution is 5.86. The molecule has 2 aromatic rings.